The van der Waals surface area contributed by atoms with Gasteiger partial charge in [0.1, 0.15) is 5.54 Å². The molecule has 0 aromatic heterocycles. The van der Waals surface area contributed by atoms with Gasteiger partial charge in [-0.2, -0.15) is 0 Å². The van der Waals surface area contributed by atoms with Crippen molar-refractivity contribution in [3.8, 4) is 0 Å². The molecule has 8 heteroatoms. The van der Waals surface area contributed by atoms with Gasteiger partial charge in [-0.3, -0.25) is 14.5 Å². The molecule has 3 heterocycles. The van der Waals surface area contributed by atoms with Crippen LogP contribution in [0, 0.1) is 5.92 Å². The Balaban J connectivity index is 1.52. The first-order valence-corrected chi connectivity index (χ1v) is 12.2. The minimum atomic E-state index is -1.76. The summed E-state index contributed by atoms with van der Waals surface area (Å²) in [5.41, 5.74) is 0.286. The van der Waals surface area contributed by atoms with Gasteiger partial charge >= 0.3 is 0 Å². The third-order valence-corrected chi connectivity index (χ3v) is 7.64. The Morgan fingerprint density at radius 2 is 1.83 bits per heavy atom. The highest BCUT2D eigenvalue weighted by atomic mass is 16.3. The Hall–Kier alpha value is -3.20. The fourth-order valence-electron chi connectivity index (χ4n) is 5.60. The van der Waals surface area contributed by atoms with Gasteiger partial charge in [-0.25, -0.2) is 0 Å². The van der Waals surface area contributed by atoms with Crippen LogP contribution in [-0.2, 0) is 15.2 Å². The summed E-state index contributed by atoms with van der Waals surface area (Å²) in [6.45, 7) is 3.71. The summed E-state index contributed by atoms with van der Waals surface area (Å²) in [5.74, 6) is -0.963. The number of hydrogen-bond donors (Lipinski definition) is 4. The van der Waals surface area contributed by atoms with Crippen molar-refractivity contribution in [2.75, 3.05) is 41.5 Å². The van der Waals surface area contributed by atoms with Gasteiger partial charge < -0.3 is 25.7 Å². The second-order valence-corrected chi connectivity index (χ2v) is 9.60. The Kier molecular flexibility index (Phi) is 6.13. The molecule has 2 saturated heterocycles. The monoisotopic (exact) mass is 476 g/mol. The van der Waals surface area contributed by atoms with Gasteiger partial charge in [-0.05, 0) is 62.7 Å². The predicted molar refractivity (Wildman–Crippen MR) is 135 cm³/mol. The zero-order valence-corrected chi connectivity index (χ0v) is 19.9. The lowest BCUT2D eigenvalue weighted by molar-refractivity contribution is -0.137. The number of piperidine rings is 1. The van der Waals surface area contributed by atoms with Crippen LogP contribution in [0.4, 0.5) is 17.1 Å². The van der Waals surface area contributed by atoms with E-state index in [-0.39, 0.29) is 12.5 Å². The Labute approximate surface area is 205 Å². The van der Waals surface area contributed by atoms with Crippen molar-refractivity contribution < 1.29 is 19.8 Å². The second-order valence-electron chi connectivity index (χ2n) is 9.60. The predicted octanol–water partition coefficient (Wildman–Crippen LogP) is 2.33. The van der Waals surface area contributed by atoms with Crippen LogP contribution in [0.5, 0.6) is 0 Å². The SMILES string of the molecule is C[C@@H](/C=C/CCO)[C@]1(O)C(=O)Nc2ccc(N3CN(c4ccccc4)C4(CCNCC4)C3=O)cc21. The number of benzene rings is 2. The third-order valence-electron chi connectivity index (χ3n) is 7.64. The highest BCUT2D eigenvalue weighted by molar-refractivity contribution is 6.08. The minimum absolute atomic E-state index is 0.000829. The Morgan fingerprint density at radius 3 is 2.54 bits per heavy atom. The van der Waals surface area contributed by atoms with Crippen LogP contribution >= 0.6 is 0 Å². The molecule has 184 valence electrons. The van der Waals surface area contributed by atoms with E-state index in [1.165, 1.54) is 0 Å². The molecule has 0 bridgehead atoms. The molecule has 1 spiro atoms. The molecule has 4 N–H and O–H groups in total. The Bertz CT molecular complexity index is 1150. The number of rotatable bonds is 6. The van der Waals surface area contributed by atoms with Crippen molar-refractivity contribution in [1.82, 2.24) is 5.32 Å². The van der Waals surface area contributed by atoms with Gasteiger partial charge in [0, 0.05) is 35.2 Å². The van der Waals surface area contributed by atoms with E-state index in [1.807, 2.05) is 36.4 Å². The van der Waals surface area contributed by atoms with Crippen molar-refractivity contribution in [2.24, 2.45) is 5.92 Å². The lowest BCUT2D eigenvalue weighted by atomic mass is 9.82. The number of fused-ring (bicyclic) bond motifs is 1. The highest BCUT2D eigenvalue weighted by Crippen LogP contribution is 2.45. The normalized spacial score (nSPS) is 24.3. The lowest BCUT2D eigenvalue weighted by Gasteiger charge is -2.39. The maximum absolute atomic E-state index is 14.0. The standard InChI is InChI=1S/C27H32N4O4/c1-19(7-5-6-16-32)27(35)22-17-21(10-11-23(22)29-24(27)33)30-18-31(20-8-3-2-4-9-20)26(25(30)34)12-14-28-15-13-26/h2-5,7-11,17,19,28,32,35H,6,12-16,18H2,1H3,(H,29,33)/b7-5+/t19-,27+/m0/s1. The molecule has 0 unspecified atom stereocenters. The summed E-state index contributed by atoms with van der Waals surface area (Å²) < 4.78 is 0. The number of nitrogens with zero attached hydrogens (tertiary/aromatic N) is 2. The molecule has 2 atom stereocenters. The number of para-hydroxylation sites is 1. The van der Waals surface area contributed by atoms with Gasteiger partial charge in [-0.1, -0.05) is 37.3 Å². The van der Waals surface area contributed by atoms with Crippen LogP contribution in [0.15, 0.2) is 60.7 Å². The highest BCUT2D eigenvalue weighted by Gasteiger charge is 2.54. The Morgan fingerprint density at radius 1 is 1.09 bits per heavy atom. The van der Waals surface area contributed by atoms with Crippen LogP contribution in [0.25, 0.3) is 0 Å². The quantitative estimate of drug-likeness (QED) is 0.477. The van der Waals surface area contributed by atoms with Crippen LogP contribution in [0.3, 0.4) is 0 Å². The van der Waals surface area contributed by atoms with Gasteiger partial charge in [-0.15, -0.1) is 0 Å². The summed E-state index contributed by atoms with van der Waals surface area (Å²) in [6, 6.07) is 15.4. The summed E-state index contributed by atoms with van der Waals surface area (Å²) in [6.07, 6.45) is 5.38. The lowest BCUT2D eigenvalue weighted by Crippen LogP contribution is -2.55. The van der Waals surface area contributed by atoms with E-state index >= 15 is 0 Å². The fourth-order valence-corrected chi connectivity index (χ4v) is 5.60. The number of carbonyl (C=O) groups is 2. The zero-order valence-electron chi connectivity index (χ0n) is 19.9. The minimum Gasteiger partial charge on any atom is -0.396 e. The van der Waals surface area contributed by atoms with Gasteiger partial charge in [0.15, 0.2) is 5.60 Å². The maximum atomic E-state index is 14.0. The molecule has 2 aromatic rings. The van der Waals surface area contributed by atoms with Crippen molar-refractivity contribution in [3.63, 3.8) is 0 Å². The van der Waals surface area contributed by atoms with Crippen molar-refractivity contribution >= 4 is 28.9 Å². The van der Waals surface area contributed by atoms with Crippen LogP contribution < -0.4 is 20.4 Å². The zero-order chi connectivity index (χ0) is 24.6. The summed E-state index contributed by atoms with van der Waals surface area (Å²) >= 11 is 0. The van der Waals surface area contributed by atoms with Crippen molar-refractivity contribution in [1.29, 1.82) is 0 Å². The molecule has 8 nitrogen and oxygen atoms in total. The number of nitrogens with one attached hydrogen (secondary N) is 2. The van der Waals surface area contributed by atoms with E-state index < -0.39 is 23.0 Å². The number of aliphatic hydroxyl groups is 2. The molecule has 2 amide bonds. The molecule has 3 aliphatic heterocycles. The summed E-state index contributed by atoms with van der Waals surface area (Å²) in [4.78, 5) is 30.8. The molecule has 0 radical (unpaired) electrons. The topological polar surface area (TPSA) is 105 Å². The van der Waals surface area contributed by atoms with Gasteiger partial charge in [0.05, 0.1) is 6.67 Å². The van der Waals surface area contributed by atoms with Crippen LogP contribution in [0.1, 0.15) is 31.7 Å². The molecule has 2 aromatic carbocycles. The van der Waals surface area contributed by atoms with E-state index in [1.54, 1.807) is 36.1 Å². The first-order chi connectivity index (χ1) is 16.9. The van der Waals surface area contributed by atoms with Crippen LogP contribution in [0.2, 0.25) is 0 Å². The molecule has 0 aliphatic carbocycles. The molecule has 2 fully saturated rings. The van der Waals surface area contributed by atoms with Crippen molar-refractivity contribution in [3.05, 3.63) is 66.2 Å². The second kappa shape index (κ2) is 9.11. The molecular formula is C27H32N4O4. The number of amides is 2. The third kappa shape index (κ3) is 3.73. The molecule has 3 aliphatic rings. The summed E-state index contributed by atoms with van der Waals surface area (Å²) in [7, 11) is 0. The first kappa shape index (κ1) is 23.5. The smallest absolute Gasteiger partial charge is 0.261 e. The molecule has 5 rings (SSSR count). The van der Waals surface area contributed by atoms with Crippen molar-refractivity contribution in [2.45, 2.75) is 37.3 Å². The van der Waals surface area contributed by atoms with E-state index in [0.717, 1.165) is 18.8 Å². The molecular weight excluding hydrogens is 444 g/mol. The fraction of sp³-hybridized carbons (Fsp3) is 0.407. The van der Waals surface area contributed by atoms with Gasteiger partial charge in [0.2, 0.25) is 0 Å². The number of carbonyl (C=O) groups excluding carboxylic acids is 2. The number of aliphatic hydroxyl groups excluding tert-OH is 1. The number of anilines is 3. The summed E-state index contributed by atoms with van der Waals surface area (Å²) in [5, 5.41) is 26.8. The maximum Gasteiger partial charge on any atom is 0.261 e. The van der Waals surface area contributed by atoms with Gasteiger partial charge in [0.25, 0.3) is 11.8 Å². The van der Waals surface area contributed by atoms with E-state index in [9.17, 15) is 14.7 Å². The average molecular weight is 477 g/mol. The van der Waals surface area contributed by atoms with Crippen LogP contribution in [-0.4, -0.2) is 53.9 Å². The largest absolute Gasteiger partial charge is 0.396 e. The van der Waals surface area contributed by atoms with E-state index in [2.05, 4.69) is 15.5 Å². The number of hydrogen-bond acceptors (Lipinski definition) is 6. The first-order valence-electron chi connectivity index (χ1n) is 12.2. The average Bonchev–Trinajstić information content (AvgIpc) is 3.31. The van der Waals surface area contributed by atoms with E-state index in [0.29, 0.717) is 42.9 Å². The molecule has 35 heavy (non-hydrogen) atoms. The molecule has 0 saturated carbocycles. The van der Waals surface area contributed by atoms with E-state index in [4.69, 9.17) is 5.11 Å².